The lowest BCUT2D eigenvalue weighted by atomic mass is 10.2. The molecule has 0 aliphatic heterocycles. The SMILES string of the molecule is OCc1ccccc1-n1ccc2c[c]ccc21. The van der Waals surface area contributed by atoms with E-state index in [0.717, 1.165) is 22.2 Å². The molecule has 0 bridgehead atoms. The van der Waals surface area contributed by atoms with E-state index < -0.39 is 0 Å². The highest BCUT2D eigenvalue weighted by Gasteiger charge is 2.05. The number of aliphatic hydroxyl groups is 1. The summed E-state index contributed by atoms with van der Waals surface area (Å²) in [6.45, 7) is 0.0504. The fraction of sp³-hybridized carbons (Fsp3) is 0.0667. The van der Waals surface area contributed by atoms with Crippen LogP contribution in [0.25, 0.3) is 16.6 Å². The zero-order chi connectivity index (χ0) is 11.7. The summed E-state index contributed by atoms with van der Waals surface area (Å²) in [7, 11) is 0. The lowest BCUT2D eigenvalue weighted by Crippen LogP contribution is -1.97. The molecule has 0 saturated heterocycles. The number of aromatic nitrogens is 1. The summed E-state index contributed by atoms with van der Waals surface area (Å²) >= 11 is 0. The zero-order valence-electron chi connectivity index (χ0n) is 9.30. The van der Waals surface area contributed by atoms with Crippen molar-refractivity contribution in [1.82, 2.24) is 4.57 Å². The predicted octanol–water partition coefficient (Wildman–Crippen LogP) is 2.92. The van der Waals surface area contributed by atoms with Gasteiger partial charge in [-0.15, -0.1) is 0 Å². The first-order chi connectivity index (χ1) is 8.40. The summed E-state index contributed by atoms with van der Waals surface area (Å²) in [5.74, 6) is 0. The van der Waals surface area contributed by atoms with Gasteiger partial charge >= 0.3 is 0 Å². The molecular weight excluding hydrogens is 210 g/mol. The minimum atomic E-state index is 0.0504. The Balaban J connectivity index is 2.27. The van der Waals surface area contributed by atoms with Crippen molar-refractivity contribution >= 4 is 10.9 Å². The Morgan fingerprint density at radius 3 is 2.88 bits per heavy atom. The van der Waals surface area contributed by atoms with E-state index in [2.05, 4.69) is 16.7 Å². The summed E-state index contributed by atoms with van der Waals surface area (Å²) in [6, 6.07) is 18.9. The second-order valence-corrected chi connectivity index (χ2v) is 3.96. The maximum atomic E-state index is 9.37. The van der Waals surface area contributed by atoms with Gasteiger partial charge in [-0.3, -0.25) is 0 Å². The molecule has 0 fully saturated rings. The molecule has 0 saturated carbocycles. The molecule has 0 atom stereocenters. The molecule has 2 nitrogen and oxygen atoms in total. The topological polar surface area (TPSA) is 25.2 Å². The Morgan fingerprint density at radius 1 is 1.12 bits per heavy atom. The third-order valence-electron chi connectivity index (χ3n) is 2.96. The number of hydrogen-bond donors (Lipinski definition) is 1. The highest BCUT2D eigenvalue weighted by atomic mass is 16.3. The van der Waals surface area contributed by atoms with Crippen molar-refractivity contribution in [3.8, 4) is 5.69 Å². The number of fused-ring (bicyclic) bond motifs is 1. The first-order valence-corrected chi connectivity index (χ1v) is 5.56. The van der Waals surface area contributed by atoms with Crippen LogP contribution in [0, 0.1) is 6.07 Å². The lowest BCUT2D eigenvalue weighted by Gasteiger charge is -2.09. The van der Waals surface area contributed by atoms with E-state index >= 15 is 0 Å². The summed E-state index contributed by atoms with van der Waals surface area (Å²) < 4.78 is 2.09. The van der Waals surface area contributed by atoms with Crippen LogP contribution in [0.4, 0.5) is 0 Å². The first-order valence-electron chi connectivity index (χ1n) is 5.56. The van der Waals surface area contributed by atoms with Crippen LogP contribution in [0.2, 0.25) is 0 Å². The molecule has 2 heteroatoms. The number of hydrogen-bond acceptors (Lipinski definition) is 1. The van der Waals surface area contributed by atoms with Crippen LogP contribution in [0.3, 0.4) is 0 Å². The van der Waals surface area contributed by atoms with Gasteiger partial charge in [-0.25, -0.2) is 0 Å². The smallest absolute Gasteiger partial charge is 0.0702 e. The zero-order valence-corrected chi connectivity index (χ0v) is 9.30. The second kappa shape index (κ2) is 4.07. The molecule has 1 heterocycles. The van der Waals surface area contributed by atoms with Gasteiger partial charge in [0, 0.05) is 17.1 Å². The van der Waals surface area contributed by atoms with Crippen molar-refractivity contribution in [2.24, 2.45) is 0 Å². The number of benzene rings is 2. The van der Waals surface area contributed by atoms with E-state index in [1.54, 1.807) is 0 Å². The van der Waals surface area contributed by atoms with Gasteiger partial charge in [0.15, 0.2) is 0 Å². The van der Waals surface area contributed by atoms with Gasteiger partial charge in [-0.1, -0.05) is 24.3 Å². The highest BCUT2D eigenvalue weighted by Crippen LogP contribution is 2.22. The standard InChI is InChI=1S/C15H12NO/c17-11-13-6-2-4-8-15(13)16-10-9-12-5-1-3-7-14(12)16/h2-10,17H,11H2. The number of aliphatic hydroxyl groups excluding tert-OH is 1. The number of nitrogens with zero attached hydrogens (tertiary/aromatic N) is 1. The van der Waals surface area contributed by atoms with Gasteiger partial charge in [0.2, 0.25) is 0 Å². The Hall–Kier alpha value is -2.06. The van der Waals surface area contributed by atoms with E-state index in [1.165, 1.54) is 0 Å². The van der Waals surface area contributed by atoms with E-state index in [-0.39, 0.29) is 6.61 Å². The minimum absolute atomic E-state index is 0.0504. The minimum Gasteiger partial charge on any atom is -0.392 e. The van der Waals surface area contributed by atoms with E-state index in [1.807, 2.05) is 48.7 Å². The van der Waals surface area contributed by atoms with Crippen molar-refractivity contribution in [3.63, 3.8) is 0 Å². The molecule has 1 N–H and O–H groups in total. The molecule has 0 aliphatic carbocycles. The molecule has 0 unspecified atom stereocenters. The molecule has 3 rings (SSSR count). The molecule has 83 valence electrons. The van der Waals surface area contributed by atoms with Gasteiger partial charge in [0.05, 0.1) is 17.8 Å². The van der Waals surface area contributed by atoms with Crippen LogP contribution in [0.15, 0.2) is 54.7 Å². The molecule has 0 spiro atoms. The molecule has 3 aromatic rings. The van der Waals surface area contributed by atoms with Crippen molar-refractivity contribution < 1.29 is 5.11 Å². The van der Waals surface area contributed by atoms with Crippen LogP contribution in [-0.4, -0.2) is 9.67 Å². The maximum absolute atomic E-state index is 9.37. The van der Waals surface area contributed by atoms with Crippen LogP contribution in [0.5, 0.6) is 0 Å². The normalized spacial score (nSPS) is 10.9. The number of rotatable bonds is 2. The third-order valence-corrected chi connectivity index (χ3v) is 2.96. The van der Waals surface area contributed by atoms with E-state index in [9.17, 15) is 5.11 Å². The summed E-state index contributed by atoms with van der Waals surface area (Å²) in [4.78, 5) is 0. The van der Waals surface area contributed by atoms with Crippen molar-refractivity contribution in [2.45, 2.75) is 6.61 Å². The van der Waals surface area contributed by atoms with Crippen molar-refractivity contribution in [2.75, 3.05) is 0 Å². The maximum Gasteiger partial charge on any atom is 0.0702 e. The van der Waals surface area contributed by atoms with Crippen molar-refractivity contribution in [3.05, 3.63) is 66.4 Å². The molecule has 0 amide bonds. The average Bonchev–Trinajstić information content (AvgIpc) is 2.82. The fourth-order valence-electron chi connectivity index (χ4n) is 2.11. The van der Waals surface area contributed by atoms with E-state index in [0.29, 0.717) is 0 Å². The number of para-hydroxylation sites is 1. The van der Waals surface area contributed by atoms with Gasteiger partial charge in [0.1, 0.15) is 0 Å². The summed E-state index contributed by atoms with van der Waals surface area (Å²) in [5.41, 5.74) is 3.08. The van der Waals surface area contributed by atoms with Gasteiger partial charge in [0.25, 0.3) is 0 Å². The second-order valence-electron chi connectivity index (χ2n) is 3.96. The van der Waals surface area contributed by atoms with Gasteiger partial charge < -0.3 is 9.67 Å². The molecule has 2 aromatic carbocycles. The summed E-state index contributed by atoms with van der Waals surface area (Å²) in [5, 5.41) is 10.5. The van der Waals surface area contributed by atoms with Crippen LogP contribution in [0.1, 0.15) is 5.56 Å². The predicted molar refractivity (Wildman–Crippen MR) is 68.0 cm³/mol. The molecule has 1 aromatic heterocycles. The van der Waals surface area contributed by atoms with Gasteiger partial charge in [-0.2, -0.15) is 0 Å². The Labute approximate surface area is 99.7 Å². The lowest BCUT2D eigenvalue weighted by molar-refractivity contribution is 0.281. The Kier molecular flexibility index (Phi) is 2.42. The molecular formula is C15H12NO. The van der Waals surface area contributed by atoms with Crippen LogP contribution >= 0.6 is 0 Å². The average molecular weight is 222 g/mol. The first kappa shape index (κ1) is 10.1. The monoisotopic (exact) mass is 222 g/mol. The van der Waals surface area contributed by atoms with Crippen molar-refractivity contribution in [1.29, 1.82) is 0 Å². The summed E-state index contributed by atoms with van der Waals surface area (Å²) in [6.07, 6.45) is 2.02. The largest absolute Gasteiger partial charge is 0.392 e. The third kappa shape index (κ3) is 1.63. The Morgan fingerprint density at radius 2 is 2.00 bits per heavy atom. The van der Waals surface area contributed by atoms with Crippen LogP contribution in [-0.2, 0) is 6.61 Å². The highest BCUT2D eigenvalue weighted by molar-refractivity contribution is 5.81. The molecule has 1 radical (unpaired) electrons. The van der Waals surface area contributed by atoms with Gasteiger partial charge in [-0.05, 0) is 30.3 Å². The molecule has 0 aliphatic rings. The molecule has 17 heavy (non-hydrogen) atoms. The van der Waals surface area contributed by atoms with Crippen LogP contribution < -0.4 is 0 Å². The Bertz CT molecular complexity index is 655. The fourth-order valence-corrected chi connectivity index (χ4v) is 2.11. The van der Waals surface area contributed by atoms with E-state index in [4.69, 9.17) is 0 Å². The quantitative estimate of drug-likeness (QED) is 0.708.